The fourth-order valence-corrected chi connectivity index (χ4v) is 1.93. The Bertz CT molecular complexity index is 604. The number of hydrogen-bond acceptors (Lipinski definition) is 3. The van der Waals surface area contributed by atoms with E-state index in [1.807, 2.05) is 0 Å². The topological polar surface area (TPSA) is 68.0 Å². The van der Waals surface area contributed by atoms with Gasteiger partial charge in [-0.25, -0.2) is 0 Å². The van der Waals surface area contributed by atoms with Crippen LogP contribution in [0.5, 0.6) is 0 Å². The largest absolute Gasteiger partial charge is 0.397 e. The molecular weight excluding hydrogens is 318 g/mol. The standard InChI is InChI=1S/C12H9BrClN3O/c13-8-6-16-5-4-10(8)17-12(18)7-2-1-3-9(14)11(7)15/h1-6H,15H2,(H,16,17,18). The summed E-state index contributed by atoms with van der Waals surface area (Å²) >= 11 is 9.16. The van der Waals surface area contributed by atoms with E-state index in [4.69, 9.17) is 17.3 Å². The lowest BCUT2D eigenvalue weighted by Crippen LogP contribution is -2.14. The first kappa shape index (κ1) is 12.9. The summed E-state index contributed by atoms with van der Waals surface area (Å²) < 4.78 is 0.693. The van der Waals surface area contributed by atoms with Crippen LogP contribution in [0.2, 0.25) is 5.02 Å². The molecular formula is C12H9BrClN3O. The molecule has 3 N–H and O–H groups in total. The van der Waals surface area contributed by atoms with E-state index in [-0.39, 0.29) is 11.6 Å². The van der Waals surface area contributed by atoms with Crippen molar-refractivity contribution in [3.63, 3.8) is 0 Å². The Morgan fingerprint density at radius 1 is 1.39 bits per heavy atom. The van der Waals surface area contributed by atoms with Crippen LogP contribution in [0.4, 0.5) is 11.4 Å². The molecule has 0 saturated heterocycles. The van der Waals surface area contributed by atoms with Crippen LogP contribution in [-0.2, 0) is 0 Å². The summed E-state index contributed by atoms with van der Waals surface area (Å²) in [5.74, 6) is -0.318. The van der Waals surface area contributed by atoms with E-state index in [1.165, 1.54) is 0 Å². The second-order valence-electron chi connectivity index (χ2n) is 3.51. The maximum absolute atomic E-state index is 12.0. The number of amides is 1. The molecule has 0 radical (unpaired) electrons. The summed E-state index contributed by atoms with van der Waals surface area (Å²) in [4.78, 5) is 16.0. The van der Waals surface area contributed by atoms with E-state index in [2.05, 4.69) is 26.2 Å². The number of anilines is 2. The van der Waals surface area contributed by atoms with Gasteiger partial charge in [0, 0.05) is 12.4 Å². The fraction of sp³-hybridized carbons (Fsp3) is 0. The first-order valence-electron chi connectivity index (χ1n) is 5.04. The Labute approximate surface area is 117 Å². The van der Waals surface area contributed by atoms with E-state index < -0.39 is 0 Å². The van der Waals surface area contributed by atoms with Crippen molar-refractivity contribution in [2.75, 3.05) is 11.1 Å². The van der Waals surface area contributed by atoms with Crippen molar-refractivity contribution in [3.8, 4) is 0 Å². The van der Waals surface area contributed by atoms with Gasteiger partial charge in [0.15, 0.2) is 0 Å². The van der Waals surface area contributed by atoms with Crippen molar-refractivity contribution in [2.24, 2.45) is 0 Å². The van der Waals surface area contributed by atoms with Gasteiger partial charge >= 0.3 is 0 Å². The number of pyridine rings is 1. The normalized spacial score (nSPS) is 10.1. The molecule has 0 atom stereocenters. The Kier molecular flexibility index (Phi) is 3.84. The van der Waals surface area contributed by atoms with Crippen molar-refractivity contribution in [1.29, 1.82) is 0 Å². The number of nitrogens with one attached hydrogen (secondary N) is 1. The van der Waals surface area contributed by atoms with Crippen LogP contribution in [0, 0.1) is 0 Å². The third-order valence-electron chi connectivity index (χ3n) is 2.32. The number of carbonyl (C=O) groups is 1. The smallest absolute Gasteiger partial charge is 0.257 e. The molecule has 4 nitrogen and oxygen atoms in total. The molecule has 0 aliphatic heterocycles. The van der Waals surface area contributed by atoms with Crippen molar-refractivity contribution in [1.82, 2.24) is 4.98 Å². The third kappa shape index (κ3) is 2.63. The first-order chi connectivity index (χ1) is 8.59. The highest BCUT2D eigenvalue weighted by atomic mass is 79.9. The van der Waals surface area contributed by atoms with Crippen LogP contribution in [0.1, 0.15) is 10.4 Å². The molecule has 0 saturated carbocycles. The van der Waals surface area contributed by atoms with Gasteiger partial charge in [0.25, 0.3) is 5.91 Å². The van der Waals surface area contributed by atoms with Crippen molar-refractivity contribution in [3.05, 3.63) is 51.7 Å². The lowest BCUT2D eigenvalue weighted by atomic mass is 10.1. The number of aromatic nitrogens is 1. The number of para-hydroxylation sites is 1. The van der Waals surface area contributed by atoms with Gasteiger partial charge in [0.05, 0.1) is 26.4 Å². The molecule has 0 aliphatic carbocycles. The van der Waals surface area contributed by atoms with Crippen LogP contribution in [0.25, 0.3) is 0 Å². The van der Waals surface area contributed by atoms with E-state index in [0.29, 0.717) is 20.7 Å². The Balaban J connectivity index is 2.28. The molecule has 1 amide bonds. The van der Waals surface area contributed by atoms with Gasteiger partial charge in [-0.15, -0.1) is 0 Å². The molecule has 1 aromatic heterocycles. The quantitative estimate of drug-likeness (QED) is 0.832. The molecule has 0 aliphatic rings. The summed E-state index contributed by atoms with van der Waals surface area (Å²) in [5, 5.41) is 3.09. The van der Waals surface area contributed by atoms with Crippen LogP contribution in [0.3, 0.4) is 0 Å². The first-order valence-corrected chi connectivity index (χ1v) is 6.21. The highest BCUT2D eigenvalue weighted by Gasteiger charge is 2.12. The minimum Gasteiger partial charge on any atom is -0.397 e. The fourth-order valence-electron chi connectivity index (χ4n) is 1.40. The van der Waals surface area contributed by atoms with Gasteiger partial charge in [0.2, 0.25) is 0 Å². The van der Waals surface area contributed by atoms with Gasteiger partial charge in [-0.1, -0.05) is 17.7 Å². The van der Waals surface area contributed by atoms with Crippen LogP contribution >= 0.6 is 27.5 Å². The molecule has 1 aromatic carbocycles. The molecule has 92 valence electrons. The SMILES string of the molecule is Nc1c(Cl)cccc1C(=O)Nc1ccncc1Br. The van der Waals surface area contributed by atoms with E-state index in [1.54, 1.807) is 36.7 Å². The number of nitrogen functional groups attached to an aromatic ring is 1. The lowest BCUT2D eigenvalue weighted by molar-refractivity contribution is 0.102. The van der Waals surface area contributed by atoms with Gasteiger partial charge in [-0.3, -0.25) is 9.78 Å². The number of nitrogens with two attached hydrogens (primary N) is 1. The second-order valence-corrected chi connectivity index (χ2v) is 4.77. The summed E-state index contributed by atoms with van der Waals surface area (Å²) in [6.07, 6.45) is 3.18. The number of carbonyl (C=O) groups excluding carboxylic acids is 1. The predicted molar refractivity (Wildman–Crippen MR) is 75.8 cm³/mol. The Morgan fingerprint density at radius 2 is 2.17 bits per heavy atom. The highest BCUT2D eigenvalue weighted by molar-refractivity contribution is 9.10. The maximum atomic E-state index is 12.0. The van der Waals surface area contributed by atoms with Crippen molar-refractivity contribution < 1.29 is 4.79 Å². The molecule has 2 aromatic rings. The van der Waals surface area contributed by atoms with E-state index >= 15 is 0 Å². The summed E-state index contributed by atoms with van der Waals surface area (Å²) in [7, 11) is 0. The number of hydrogen-bond donors (Lipinski definition) is 2. The third-order valence-corrected chi connectivity index (χ3v) is 3.28. The van der Waals surface area contributed by atoms with Crippen molar-refractivity contribution >= 4 is 44.8 Å². The van der Waals surface area contributed by atoms with E-state index in [0.717, 1.165) is 0 Å². The van der Waals surface area contributed by atoms with Crippen LogP contribution in [0.15, 0.2) is 41.1 Å². The Hall–Kier alpha value is -1.59. The average molecular weight is 327 g/mol. The van der Waals surface area contributed by atoms with Gasteiger partial charge in [0.1, 0.15) is 0 Å². The monoisotopic (exact) mass is 325 g/mol. The molecule has 0 fully saturated rings. The number of rotatable bonds is 2. The van der Waals surface area contributed by atoms with Crippen LogP contribution < -0.4 is 11.1 Å². The number of nitrogens with zero attached hydrogens (tertiary/aromatic N) is 1. The van der Waals surface area contributed by atoms with E-state index in [9.17, 15) is 4.79 Å². The van der Waals surface area contributed by atoms with Gasteiger partial charge in [-0.2, -0.15) is 0 Å². The maximum Gasteiger partial charge on any atom is 0.257 e. The zero-order valence-electron chi connectivity index (χ0n) is 9.15. The number of halogens is 2. The molecule has 0 bridgehead atoms. The average Bonchev–Trinajstić information content (AvgIpc) is 2.35. The highest BCUT2D eigenvalue weighted by Crippen LogP contribution is 2.25. The van der Waals surface area contributed by atoms with Crippen molar-refractivity contribution in [2.45, 2.75) is 0 Å². The molecule has 2 rings (SSSR count). The second kappa shape index (κ2) is 5.37. The number of benzene rings is 1. The zero-order chi connectivity index (χ0) is 13.1. The molecule has 0 spiro atoms. The van der Waals surface area contributed by atoms with Gasteiger partial charge < -0.3 is 11.1 Å². The molecule has 18 heavy (non-hydrogen) atoms. The van der Waals surface area contributed by atoms with Crippen LogP contribution in [-0.4, -0.2) is 10.9 Å². The molecule has 1 heterocycles. The Morgan fingerprint density at radius 3 is 2.89 bits per heavy atom. The summed E-state index contributed by atoms with van der Waals surface area (Å²) in [5.41, 5.74) is 6.98. The van der Waals surface area contributed by atoms with Gasteiger partial charge in [-0.05, 0) is 34.1 Å². The minimum absolute atomic E-state index is 0.266. The zero-order valence-corrected chi connectivity index (χ0v) is 11.5. The summed E-state index contributed by atoms with van der Waals surface area (Å²) in [6, 6.07) is 6.61. The molecule has 0 unspecified atom stereocenters. The minimum atomic E-state index is -0.318. The lowest BCUT2D eigenvalue weighted by Gasteiger charge is -2.09. The summed E-state index contributed by atoms with van der Waals surface area (Å²) in [6.45, 7) is 0. The predicted octanol–water partition coefficient (Wildman–Crippen LogP) is 3.33. The molecule has 6 heteroatoms.